The summed E-state index contributed by atoms with van der Waals surface area (Å²) >= 11 is 0. The summed E-state index contributed by atoms with van der Waals surface area (Å²) in [7, 11) is 0. The highest BCUT2D eigenvalue weighted by Crippen LogP contribution is 2.15. The average molecular weight is 348 g/mol. The summed E-state index contributed by atoms with van der Waals surface area (Å²) in [5.41, 5.74) is 1.38. The number of hydrogen-bond donors (Lipinski definition) is 0. The van der Waals surface area contributed by atoms with Crippen LogP contribution >= 0.6 is 12.4 Å². The van der Waals surface area contributed by atoms with Crippen molar-refractivity contribution in [3.05, 3.63) is 65.7 Å². The second-order valence-electron chi connectivity index (χ2n) is 5.52. The van der Waals surface area contributed by atoms with Crippen LogP contribution in [0.15, 0.2) is 54.6 Å². The number of carbonyl (C=O) groups is 1. The van der Waals surface area contributed by atoms with Gasteiger partial charge in [-0.15, -0.1) is 12.4 Å². The molecule has 3 rings (SSSR count). The van der Waals surface area contributed by atoms with Crippen LogP contribution in [0.1, 0.15) is 15.9 Å². The van der Waals surface area contributed by atoms with Gasteiger partial charge in [0.1, 0.15) is 12.4 Å². The summed E-state index contributed by atoms with van der Waals surface area (Å²) in [6.07, 6.45) is 0. The predicted octanol–water partition coefficient (Wildman–Crippen LogP) is 3.05. The predicted molar refractivity (Wildman–Crippen MR) is 96.3 cm³/mol. The zero-order valence-electron chi connectivity index (χ0n) is 13.5. The minimum Gasteiger partial charge on any atom is -0.492 e. The lowest BCUT2D eigenvalue weighted by Gasteiger charge is -2.26. The van der Waals surface area contributed by atoms with Crippen LogP contribution in [-0.4, -0.2) is 50.1 Å². The van der Waals surface area contributed by atoms with Crippen molar-refractivity contribution in [2.75, 3.05) is 39.5 Å². The van der Waals surface area contributed by atoms with E-state index < -0.39 is 0 Å². The van der Waals surface area contributed by atoms with Crippen LogP contribution in [0.5, 0.6) is 5.75 Å². The average Bonchev–Trinajstić information content (AvgIpc) is 2.63. The fraction of sp³-hybridized carbons (Fsp3) is 0.316. The van der Waals surface area contributed by atoms with E-state index in [0.29, 0.717) is 17.7 Å². The van der Waals surface area contributed by atoms with Crippen molar-refractivity contribution in [3.63, 3.8) is 0 Å². The van der Waals surface area contributed by atoms with E-state index in [-0.39, 0.29) is 18.2 Å². The Balaban J connectivity index is 0.00000208. The van der Waals surface area contributed by atoms with E-state index in [1.807, 2.05) is 54.6 Å². The fourth-order valence-electron chi connectivity index (χ4n) is 2.58. The van der Waals surface area contributed by atoms with E-state index >= 15 is 0 Å². The highest BCUT2D eigenvalue weighted by molar-refractivity contribution is 6.08. The van der Waals surface area contributed by atoms with E-state index in [4.69, 9.17) is 9.47 Å². The molecule has 1 heterocycles. The summed E-state index contributed by atoms with van der Waals surface area (Å²) in [5.74, 6) is 0.827. The molecule has 0 aliphatic carbocycles. The van der Waals surface area contributed by atoms with E-state index in [1.165, 1.54) is 0 Å². The Kier molecular flexibility index (Phi) is 7.25. The molecule has 24 heavy (non-hydrogen) atoms. The zero-order chi connectivity index (χ0) is 15.9. The number of benzene rings is 2. The SMILES string of the molecule is Cl.O=C(c1ccccc1)c1ccc(OCCN2CCOCC2)cc1. The molecule has 1 fully saturated rings. The van der Waals surface area contributed by atoms with Crippen molar-refractivity contribution in [2.24, 2.45) is 0 Å². The summed E-state index contributed by atoms with van der Waals surface area (Å²) in [6, 6.07) is 16.7. The van der Waals surface area contributed by atoms with Crippen LogP contribution in [0.3, 0.4) is 0 Å². The van der Waals surface area contributed by atoms with Gasteiger partial charge in [0.15, 0.2) is 5.78 Å². The highest BCUT2D eigenvalue weighted by Gasteiger charge is 2.10. The third-order valence-corrected chi connectivity index (χ3v) is 3.93. The van der Waals surface area contributed by atoms with Crippen LogP contribution in [0.2, 0.25) is 0 Å². The Bertz CT molecular complexity index is 625. The molecule has 0 unspecified atom stereocenters. The molecular formula is C19H22ClNO3. The maximum absolute atomic E-state index is 12.3. The first-order valence-corrected chi connectivity index (χ1v) is 7.96. The Morgan fingerprint density at radius 3 is 2.25 bits per heavy atom. The maximum Gasteiger partial charge on any atom is 0.193 e. The maximum atomic E-state index is 12.3. The third kappa shape index (κ3) is 5.06. The van der Waals surface area contributed by atoms with E-state index in [2.05, 4.69) is 4.90 Å². The molecule has 0 saturated carbocycles. The van der Waals surface area contributed by atoms with Crippen LogP contribution in [-0.2, 0) is 4.74 Å². The lowest BCUT2D eigenvalue weighted by Crippen LogP contribution is -2.38. The summed E-state index contributed by atoms with van der Waals surface area (Å²) in [4.78, 5) is 14.6. The molecule has 1 aliphatic rings. The van der Waals surface area contributed by atoms with Gasteiger partial charge in [0.2, 0.25) is 0 Å². The molecule has 0 N–H and O–H groups in total. The molecule has 0 radical (unpaired) electrons. The second kappa shape index (κ2) is 9.42. The molecule has 128 valence electrons. The molecule has 0 bridgehead atoms. The number of morpholine rings is 1. The van der Waals surface area contributed by atoms with Gasteiger partial charge in [0.25, 0.3) is 0 Å². The number of carbonyl (C=O) groups excluding carboxylic acids is 1. The third-order valence-electron chi connectivity index (χ3n) is 3.93. The number of halogens is 1. The number of rotatable bonds is 6. The van der Waals surface area contributed by atoms with Crippen LogP contribution in [0.25, 0.3) is 0 Å². The van der Waals surface area contributed by atoms with Gasteiger partial charge in [-0.3, -0.25) is 9.69 Å². The van der Waals surface area contributed by atoms with Gasteiger partial charge in [-0.05, 0) is 24.3 Å². The first-order valence-electron chi connectivity index (χ1n) is 7.96. The lowest BCUT2D eigenvalue weighted by atomic mass is 10.0. The Hall–Kier alpha value is -1.88. The van der Waals surface area contributed by atoms with Gasteiger partial charge in [-0.1, -0.05) is 30.3 Å². The first-order chi connectivity index (χ1) is 11.3. The Labute approximate surface area is 148 Å². The monoisotopic (exact) mass is 347 g/mol. The van der Waals surface area contributed by atoms with E-state index in [0.717, 1.165) is 38.6 Å². The van der Waals surface area contributed by atoms with Crippen molar-refractivity contribution in [2.45, 2.75) is 0 Å². The van der Waals surface area contributed by atoms with Crippen molar-refractivity contribution in [1.29, 1.82) is 0 Å². The van der Waals surface area contributed by atoms with Gasteiger partial charge in [0, 0.05) is 30.8 Å². The van der Waals surface area contributed by atoms with Crippen LogP contribution in [0, 0.1) is 0 Å². The molecule has 5 heteroatoms. The molecule has 4 nitrogen and oxygen atoms in total. The number of hydrogen-bond acceptors (Lipinski definition) is 4. The topological polar surface area (TPSA) is 38.8 Å². The van der Waals surface area contributed by atoms with Crippen molar-refractivity contribution >= 4 is 18.2 Å². The molecule has 2 aromatic rings. The number of nitrogens with zero attached hydrogens (tertiary/aromatic N) is 1. The fourth-order valence-corrected chi connectivity index (χ4v) is 2.58. The Morgan fingerprint density at radius 1 is 0.958 bits per heavy atom. The molecule has 0 spiro atoms. The zero-order valence-corrected chi connectivity index (χ0v) is 14.3. The van der Waals surface area contributed by atoms with Gasteiger partial charge >= 0.3 is 0 Å². The van der Waals surface area contributed by atoms with Gasteiger partial charge < -0.3 is 9.47 Å². The molecule has 2 aromatic carbocycles. The van der Waals surface area contributed by atoms with E-state index in [1.54, 1.807) is 0 Å². The summed E-state index contributed by atoms with van der Waals surface area (Å²) in [6.45, 7) is 5.08. The largest absolute Gasteiger partial charge is 0.492 e. The van der Waals surface area contributed by atoms with Gasteiger partial charge in [-0.2, -0.15) is 0 Å². The van der Waals surface area contributed by atoms with Crippen molar-refractivity contribution in [1.82, 2.24) is 4.90 Å². The lowest BCUT2D eigenvalue weighted by molar-refractivity contribution is 0.0322. The number of ketones is 1. The normalized spacial score (nSPS) is 14.7. The van der Waals surface area contributed by atoms with E-state index in [9.17, 15) is 4.79 Å². The highest BCUT2D eigenvalue weighted by atomic mass is 35.5. The van der Waals surface area contributed by atoms with Crippen LogP contribution in [0.4, 0.5) is 0 Å². The summed E-state index contributed by atoms with van der Waals surface area (Å²) < 4.78 is 11.1. The summed E-state index contributed by atoms with van der Waals surface area (Å²) in [5, 5.41) is 0. The molecule has 0 aromatic heterocycles. The second-order valence-corrected chi connectivity index (χ2v) is 5.52. The number of ether oxygens (including phenoxy) is 2. The molecule has 0 atom stereocenters. The standard InChI is InChI=1S/C19H21NO3.ClH/c21-19(16-4-2-1-3-5-16)17-6-8-18(9-7-17)23-15-12-20-10-13-22-14-11-20;/h1-9H,10-15H2;1H. The van der Waals surface area contributed by atoms with Crippen molar-refractivity contribution < 1.29 is 14.3 Å². The minimum atomic E-state index is 0. The molecule has 0 amide bonds. The van der Waals surface area contributed by atoms with Crippen molar-refractivity contribution in [3.8, 4) is 5.75 Å². The quantitative estimate of drug-likeness (QED) is 0.753. The molecular weight excluding hydrogens is 326 g/mol. The van der Waals surface area contributed by atoms with Crippen LogP contribution < -0.4 is 4.74 Å². The molecule has 1 aliphatic heterocycles. The first kappa shape index (κ1) is 18.5. The van der Waals surface area contributed by atoms with Gasteiger partial charge in [0.05, 0.1) is 13.2 Å². The minimum absolute atomic E-state index is 0. The smallest absolute Gasteiger partial charge is 0.193 e. The Morgan fingerprint density at radius 2 is 1.58 bits per heavy atom. The molecule has 1 saturated heterocycles. The van der Waals surface area contributed by atoms with Gasteiger partial charge in [-0.25, -0.2) is 0 Å².